The molecule has 6 aliphatic rings. The van der Waals surface area contributed by atoms with E-state index in [-0.39, 0.29) is 0 Å². The van der Waals surface area contributed by atoms with E-state index in [1.54, 1.807) is 0 Å². The van der Waals surface area contributed by atoms with E-state index in [4.69, 9.17) is 13.6 Å². The SMILES string of the molecule is C1CC2CC1CC2OP(OC1CC2CCC1C2)OC1CC2CCC1C2. The Morgan fingerprint density at radius 2 is 0.800 bits per heavy atom. The highest BCUT2D eigenvalue weighted by Gasteiger charge is 2.47. The highest BCUT2D eigenvalue weighted by atomic mass is 31.2. The molecule has 9 unspecified atom stereocenters. The van der Waals surface area contributed by atoms with Gasteiger partial charge in [-0.25, -0.2) is 0 Å². The third-order valence-electron chi connectivity index (χ3n) is 8.68. The predicted octanol–water partition coefficient (Wildman–Crippen LogP) is 5.83. The Balaban J connectivity index is 1.13. The third kappa shape index (κ3) is 3.02. The van der Waals surface area contributed by atoms with E-state index in [1.165, 1.54) is 77.0 Å². The molecule has 6 bridgehead atoms. The summed E-state index contributed by atoms with van der Waals surface area (Å²) in [7, 11) is -1.13. The van der Waals surface area contributed by atoms with Gasteiger partial charge in [0.1, 0.15) is 0 Å². The molecule has 0 aromatic rings. The van der Waals surface area contributed by atoms with Gasteiger partial charge in [-0.05, 0) is 113 Å². The van der Waals surface area contributed by atoms with Gasteiger partial charge in [-0.15, -0.1) is 0 Å². The second-order valence-corrected chi connectivity index (χ2v) is 11.3. The predicted molar refractivity (Wildman–Crippen MR) is 97.9 cm³/mol. The van der Waals surface area contributed by atoms with Crippen LogP contribution in [0.5, 0.6) is 0 Å². The maximum atomic E-state index is 6.60. The third-order valence-corrected chi connectivity index (χ3v) is 10.0. The van der Waals surface area contributed by atoms with Crippen LogP contribution in [0.3, 0.4) is 0 Å². The largest absolute Gasteiger partial charge is 0.333 e. The first-order chi connectivity index (χ1) is 12.3. The summed E-state index contributed by atoms with van der Waals surface area (Å²) in [6.45, 7) is 0. The van der Waals surface area contributed by atoms with Crippen LogP contribution < -0.4 is 0 Å². The van der Waals surface area contributed by atoms with E-state index < -0.39 is 8.60 Å². The number of hydrogen-bond acceptors (Lipinski definition) is 3. The zero-order valence-electron chi connectivity index (χ0n) is 15.4. The van der Waals surface area contributed by atoms with Gasteiger partial charge in [-0.1, -0.05) is 0 Å². The molecule has 0 aromatic heterocycles. The van der Waals surface area contributed by atoms with Gasteiger partial charge in [0.15, 0.2) is 0 Å². The average Bonchev–Trinajstić information content (AvgIpc) is 3.40. The lowest BCUT2D eigenvalue weighted by atomic mass is 9.98. The molecule has 140 valence electrons. The summed E-state index contributed by atoms with van der Waals surface area (Å²) in [6, 6.07) is 0. The van der Waals surface area contributed by atoms with Gasteiger partial charge < -0.3 is 13.6 Å². The quantitative estimate of drug-likeness (QED) is 0.555. The molecule has 6 saturated carbocycles. The van der Waals surface area contributed by atoms with Gasteiger partial charge in [-0.2, -0.15) is 0 Å². The Morgan fingerprint density at radius 3 is 1.04 bits per heavy atom. The maximum Gasteiger partial charge on any atom is 0.333 e. The van der Waals surface area contributed by atoms with Crippen molar-refractivity contribution in [2.45, 2.75) is 95.4 Å². The summed E-state index contributed by atoms with van der Waals surface area (Å²) in [6.07, 6.45) is 17.7. The van der Waals surface area contributed by atoms with Crippen molar-refractivity contribution in [1.29, 1.82) is 0 Å². The average molecular weight is 364 g/mol. The van der Waals surface area contributed by atoms with E-state index in [1.807, 2.05) is 0 Å². The molecule has 0 spiro atoms. The first-order valence-corrected chi connectivity index (χ1v) is 12.2. The van der Waals surface area contributed by atoms with Crippen LogP contribution in [-0.2, 0) is 13.6 Å². The van der Waals surface area contributed by atoms with E-state index in [9.17, 15) is 0 Å². The van der Waals surface area contributed by atoms with Crippen molar-refractivity contribution in [3.8, 4) is 0 Å². The molecule has 6 aliphatic carbocycles. The standard InChI is InChI=1S/C21H33O3P/c1-4-16-7-13(1)10-19(16)22-25(23-20-11-14-2-5-17(20)8-14)24-21-12-15-3-6-18(21)9-15/h13-21H,1-12H2. The molecule has 0 N–H and O–H groups in total. The molecule has 0 radical (unpaired) electrons. The van der Waals surface area contributed by atoms with Crippen molar-refractivity contribution in [2.24, 2.45) is 35.5 Å². The van der Waals surface area contributed by atoms with Crippen LogP contribution in [0.1, 0.15) is 77.0 Å². The van der Waals surface area contributed by atoms with Gasteiger partial charge in [0.25, 0.3) is 0 Å². The lowest BCUT2D eigenvalue weighted by Crippen LogP contribution is -2.26. The molecular weight excluding hydrogens is 331 g/mol. The molecule has 6 rings (SSSR count). The van der Waals surface area contributed by atoms with Crippen molar-refractivity contribution in [3.05, 3.63) is 0 Å². The number of hydrogen-bond donors (Lipinski definition) is 0. The molecule has 0 amide bonds. The fourth-order valence-electron chi connectivity index (χ4n) is 7.35. The summed E-state index contributed by atoms with van der Waals surface area (Å²) in [5.41, 5.74) is 0. The Bertz CT molecular complexity index is 442. The molecule has 0 aromatic carbocycles. The Morgan fingerprint density at radius 1 is 0.440 bits per heavy atom. The second-order valence-electron chi connectivity index (χ2n) is 10.2. The van der Waals surface area contributed by atoms with Crippen molar-refractivity contribution in [1.82, 2.24) is 0 Å². The number of fused-ring (bicyclic) bond motifs is 6. The maximum absolute atomic E-state index is 6.60. The summed E-state index contributed by atoms with van der Waals surface area (Å²) < 4.78 is 19.8. The first-order valence-electron chi connectivity index (χ1n) is 11.1. The van der Waals surface area contributed by atoms with Crippen LogP contribution in [0, 0.1) is 35.5 Å². The van der Waals surface area contributed by atoms with Crippen molar-refractivity contribution in [2.75, 3.05) is 0 Å². The molecule has 25 heavy (non-hydrogen) atoms. The molecule has 0 saturated heterocycles. The van der Waals surface area contributed by atoms with Crippen LogP contribution >= 0.6 is 8.60 Å². The Labute approximate surface area is 153 Å². The molecule has 9 atom stereocenters. The molecule has 0 aliphatic heterocycles. The molecule has 0 heterocycles. The highest BCUT2D eigenvalue weighted by molar-refractivity contribution is 7.41. The van der Waals surface area contributed by atoms with Crippen molar-refractivity contribution < 1.29 is 13.6 Å². The molecule has 3 nitrogen and oxygen atoms in total. The van der Waals surface area contributed by atoms with E-state index in [2.05, 4.69) is 0 Å². The van der Waals surface area contributed by atoms with Crippen LogP contribution in [0.25, 0.3) is 0 Å². The number of rotatable bonds is 6. The van der Waals surface area contributed by atoms with Gasteiger partial charge in [0, 0.05) is 0 Å². The fourth-order valence-corrected chi connectivity index (χ4v) is 8.94. The molecular formula is C21H33O3P. The topological polar surface area (TPSA) is 27.7 Å². The van der Waals surface area contributed by atoms with Crippen molar-refractivity contribution >= 4 is 8.60 Å². The second kappa shape index (κ2) is 6.43. The van der Waals surface area contributed by atoms with E-state index in [0.29, 0.717) is 18.3 Å². The minimum Gasteiger partial charge on any atom is -0.309 e. The summed E-state index contributed by atoms with van der Waals surface area (Å²) in [5.74, 6) is 5.16. The lowest BCUT2D eigenvalue weighted by molar-refractivity contribution is 0.0222. The summed E-state index contributed by atoms with van der Waals surface area (Å²) >= 11 is 0. The summed E-state index contributed by atoms with van der Waals surface area (Å²) in [5, 5.41) is 0. The summed E-state index contributed by atoms with van der Waals surface area (Å²) in [4.78, 5) is 0. The lowest BCUT2D eigenvalue weighted by Gasteiger charge is -2.33. The van der Waals surface area contributed by atoms with Gasteiger partial charge in [0.05, 0.1) is 18.3 Å². The van der Waals surface area contributed by atoms with Crippen LogP contribution in [-0.4, -0.2) is 18.3 Å². The first kappa shape index (κ1) is 16.3. The van der Waals surface area contributed by atoms with Gasteiger partial charge in [0.2, 0.25) is 0 Å². The smallest absolute Gasteiger partial charge is 0.309 e. The molecule has 4 heteroatoms. The monoisotopic (exact) mass is 364 g/mol. The highest BCUT2D eigenvalue weighted by Crippen LogP contribution is 2.59. The molecule has 6 fully saturated rings. The van der Waals surface area contributed by atoms with E-state index in [0.717, 1.165) is 35.5 Å². The van der Waals surface area contributed by atoms with Gasteiger partial charge >= 0.3 is 8.60 Å². The Hall–Kier alpha value is 0.310. The van der Waals surface area contributed by atoms with E-state index >= 15 is 0 Å². The Kier molecular flexibility index (Phi) is 4.19. The minimum atomic E-state index is -1.13. The normalized spacial score (nSPS) is 54.0. The minimum absolute atomic E-state index is 0.432. The fraction of sp³-hybridized carbons (Fsp3) is 1.00. The zero-order valence-corrected chi connectivity index (χ0v) is 16.2. The zero-order chi connectivity index (χ0) is 16.4. The van der Waals surface area contributed by atoms with Crippen LogP contribution in [0.4, 0.5) is 0 Å². The van der Waals surface area contributed by atoms with Crippen LogP contribution in [0.2, 0.25) is 0 Å². The van der Waals surface area contributed by atoms with Crippen molar-refractivity contribution in [3.63, 3.8) is 0 Å². The van der Waals surface area contributed by atoms with Gasteiger partial charge in [-0.3, -0.25) is 0 Å². The van der Waals surface area contributed by atoms with Crippen LogP contribution in [0.15, 0.2) is 0 Å².